The van der Waals surface area contributed by atoms with Crippen molar-refractivity contribution < 1.29 is 95.2 Å². The van der Waals surface area contributed by atoms with Gasteiger partial charge in [0.2, 0.25) is 0 Å². The molecule has 0 bridgehead atoms. The van der Waals surface area contributed by atoms with Crippen LogP contribution in [-0.2, 0) is 56.8 Å². The molecule has 0 saturated carbocycles. The summed E-state index contributed by atoms with van der Waals surface area (Å²) in [7, 11) is 12.2. The first-order valence-electron chi connectivity index (χ1n) is 40.9. The summed E-state index contributed by atoms with van der Waals surface area (Å²) < 4.78 is 64.2. The molecule has 8 aromatic rings. The van der Waals surface area contributed by atoms with Gasteiger partial charge in [-0.2, -0.15) is 0 Å². The largest absolute Gasteiger partial charge is 0.455 e. The summed E-state index contributed by atoms with van der Waals surface area (Å²) in [4.78, 5) is 114. The molecule has 4 heterocycles. The summed E-state index contributed by atoms with van der Waals surface area (Å²) in [6.07, 6.45) is 2.11. The summed E-state index contributed by atoms with van der Waals surface area (Å²) in [6.45, 7) is 20.5. The van der Waals surface area contributed by atoms with E-state index in [4.69, 9.17) is 56.8 Å². The Morgan fingerprint density at radius 3 is 1.02 bits per heavy atom. The molecule has 8 aromatic carbocycles. The number of carbonyl (C=O) groups is 8. The lowest BCUT2D eigenvalue weighted by molar-refractivity contribution is -0.0402. The van der Waals surface area contributed by atoms with Crippen LogP contribution in [0.2, 0.25) is 0 Å². The topological polar surface area (TPSA) is 273 Å². The van der Waals surface area contributed by atoms with E-state index in [1.165, 1.54) is 107 Å². The number of methoxy groups -OCH3 is 8. The highest BCUT2D eigenvalue weighted by molar-refractivity contribution is 6.06. The molecule has 8 amide bonds. The van der Waals surface area contributed by atoms with Gasteiger partial charge in [0, 0.05) is 56.9 Å². The van der Waals surface area contributed by atoms with Crippen LogP contribution < -0.4 is 0 Å². The Kier molecular flexibility index (Phi) is 35.6. The van der Waals surface area contributed by atoms with Crippen molar-refractivity contribution in [2.45, 2.75) is 129 Å². The van der Waals surface area contributed by atoms with Gasteiger partial charge in [0.15, 0.2) is 0 Å². The fourth-order valence-corrected chi connectivity index (χ4v) is 14.9. The SMILES string of the molecule is CCC(C)c1cc(C(=O)OC2CN(COC)C(=O)N(COC)C2)c2ccccc2c1.CCC(C)c1cc2ccccc2cc1C(=O)OC1CN(COC)C(=O)N(COC)C1.CCC(C)c1ccc2c(C(=O)OC3CN(COC)C(=O)N(COC)C3)cccc2c1.CCC(C)c1ccc2ccc(C(=O)OC3CN(COC)C(=O)N(COC)C3)cc2c1. The summed E-state index contributed by atoms with van der Waals surface area (Å²) in [5.41, 5.74) is 6.76. The van der Waals surface area contributed by atoms with Crippen molar-refractivity contribution in [2.24, 2.45) is 0 Å². The van der Waals surface area contributed by atoms with Crippen molar-refractivity contribution in [1.29, 1.82) is 0 Å². The van der Waals surface area contributed by atoms with E-state index in [1.54, 1.807) is 12.1 Å². The van der Waals surface area contributed by atoms with E-state index in [9.17, 15) is 38.4 Å². The maximum atomic E-state index is 13.2. The Bertz CT molecular complexity index is 4670. The fraction of sp³-hybridized carbons (Fsp3) is 0.478. The molecule has 28 heteroatoms. The van der Waals surface area contributed by atoms with Gasteiger partial charge in [-0.1, -0.05) is 171 Å². The molecule has 0 aromatic heterocycles. The van der Waals surface area contributed by atoms with Gasteiger partial charge in [-0.25, -0.2) is 38.4 Å². The molecule has 0 spiro atoms. The monoisotopic (exact) mass is 1660 g/mol. The first kappa shape index (κ1) is 93.3. The lowest BCUT2D eigenvalue weighted by atomic mass is 9.91. The third kappa shape index (κ3) is 24.2. The van der Waals surface area contributed by atoms with Crippen LogP contribution in [0.25, 0.3) is 43.1 Å². The van der Waals surface area contributed by atoms with Crippen molar-refractivity contribution >= 4 is 91.1 Å². The lowest BCUT2D eigenvalue weighted by Crippen LogP contribution is -2.57. The van der Waals surface area contributed by atoms with Crippen molar-refractivity contribution in [2.75, 3.05) is 163 Å². The zero-order chi connectivity index (χ0) is 86.7. The normalized spacial score (nSPS) is 16.2. The highest BCUT2D eigenvalue weighted by Crippen LogP contribution is 2.34. The Hall–Kier alpha value is -10.6. The quantitative estimate of drug-likeness (QED) is 0.0280. The number of hydrogen-bond acceptors (Lipinski definition) is 20. The number of amides is 8. The number of fused-ring (bicyclic) bond motifs is 4. The van der Waals surface area contributed by atoms with Crippen LogP contribution in [0.4, 0.5) is 19.2 Å². The lowest BCUT2D eigenvalue weighted by Gasteiger charge is -2.38. The maximum Gasteiger partial charge on any atom is 0.339 e. The minimum Gasteiger partial charge on any atom is -0.455 e. The predicted molar refractivity (Wildman–Crippen MR) is 458 cm³/mol. The third-order valence-electron chi connectivity index (χ3n) is 22.1. The summed E-state index contributed by atoms with van der Waals surface area (Å²) in [6, 6.07) is 46.9. The highest BCUT2D eigenvalue weighted by atomic mass is 16.6. The van der Waals surface area contributed by atoms with E-state index in [2.05, 4.69) is 97.9 Å². The second-order valence-corrected chi connectivity index (χ2v) is 30.8. The van der Waals surface area contributed by atoms with Crippen LogP contribution in [0.3, 0.4) is 0 Å². The smallest absolute Gasteiger partial charge is 0.339 e. The number of rotatable bonds is 32. The Morgan fingerprint density at radius 2 is 0.608 bits per heavy atom. The number of carbonyl (C=O) groups excluding carboxylic acids is 8. The first-order valence-corrected chi connectivity index (χ1v) is 40.9. The Morgan fingerprint density at radius 1 is 0.292 bits per heavy atom. The zero-order valence-corrected chi connectivity index (χ0v) is 72.4. The minimum absolute atomic E-state index is 0.125. The summed E-state index contributed by atoms with van der Waals surface area (Å²) >= 11 is 0. The number of ether oxygens (including phenoxy) is 12. The molecular formula is C92H120N8O20. The van der Waals surface area contributed by atoms with Crippen molar-refractivity contribution in [3.8, 4) is 0 Å². The van der Waals surface area contributed by atoms with Crippen LogP contribution in [0.15, 0.2) is 146 Å². The molecule has 12 rings (SSSR count). The third-order valence-corrected chi connectivity index (χ3v) is 22.1. The number of hydrogen-bond donors (Lipinski definition) is 0. The van der Waals surface area contributed by atoms with E-state index >= 15 is 0 Å². The molecule has 0 N–H and O–H groups in total. The van der Waals surface area contributed by atoms with E-state index in [1.807, 2.05) is 91.0 Å². The maximum absolute atomic E-state index is 13.2. The molecule has 4 aliphatic rings. The van der Waals surface area contributed by atoms with Crippen LogP contribution in [-0.4, -0.2) is 275 Å². The highest BCUT2D eigenvalue weighted by Gasteiger charge is 2.39. The molecule has 648 valence electrons. The number of benzene rings is 8. The summed E-state index contributed by atoms with van der Waals surface area (Å²) in [5, 5.41) is 7.96. The molecule has 4 atom stereocenters. The van der Waals surface area contributed by atoms with Gasteiger partial charge in [-0.05, 0) is 145 Å². The molecular weight excluding hydrogens is 1540 g/mol. The van der Waals surface area contributed by atoms with Gasteiger partial charge in [0.25, 0.3) is 0 Å². The zero-order valence-electron chi connectivity index (χ0n) is 72.4. The van der Waals surface area contributed by atoms with E-state index in [0.29, 0.717) is 40.0 Å². The van der Waals surface area contributed by atoms with Gasteiger partial charge in [-0.15, -0.1) is 0 Å². The number of urea groups is 4. The van der Waals surface area contributed by atoms with Gasteiger partial charge in [0.1, 0.15) is 78.3 Å². The van der Waals surface area contributed by atoms with Crippen LogP contribution in [0.1, 0.15) is 168 Å². The van der Waals surface area contributed by atoms with Crippen molar-refractivity contribution in [3.05, 3.63) is 190 Å². The van der Waals surface area contributed by atoms with E-state index in [-0.39, 0.29) is 148 Å². The summed E-state index contributed by atoms with van der Waals surface area (Å²) in [5.74, 6) is -0.0731. The van der Waals surface area contributed by atoms with Crippen LogP contribution in [0.5, 0.6) is 0 Å². The van der Waals surface area contributed by atoms with E-state index in [0.717, 1.165) is 79.9 Å². The second-order valence-electron chi connectivity index (χ2n) is 30.8. The van der Waals surface area contributed by atoms with Crippen LogP contribution >= 0.6 is 0 Å². The second kappa shape index (κ2) is 45.7. The predicted octanol–water partition coefficient (Wildman–Crippen LogP) is 15.3. The van der Waals surface area contributed by atoms with Gasteiger partial charge < -0.3 is 56.8 Å². The first-order chi connectivity index (χ1) is 57.9. The van der Waals surface area contributed by atoms with Gasteiger partial charge in [-0.3, -0.25) is 39.2 Å². The van der Waals surface area contributed by atoms with Crippen LogP contribution in [0, 0.1) is 0 Å². The Balaban J connectivity index is 0.000000182. The Labute approximate surface area is 704 Å². The molecule has 28 nitrogen and oxygen atoms in total. The van der Waals surface area contributed by atoms with Crippen molar-refractivity contribution in [1.82, 2.24) is 39.2 Å². The minimum atomic E-state index is -0.480. The number of nitrogens with zero attached hydrogens (tertiary/aromatic N) is 8. The molecule has 0 radical (unpaired) electrons. The fourth-order valence-electron chi connectivity index (χ4n) is 14.9. The molecule has 0 aliphatic carbocycles. The van der Waals surface area contributed by atoms with Gasteiger partial charge in [0.05, 0.1) is 74.6 Å². The van der Waals surface area contributed by atoms with E-state index < -0.39 is 36.4 Å². The average molecular weight is 1660 g/mol. The standard InChI is InChI=1S/4C23H30N2O5/c1-5-16(2)18-8-6-17-7-9-19(11-20(17)10-18)22(26)30-21-12-24(14-28-3)23(27)25(13-21)15-29-4;1-5-16(2)17-9-10-20-18(11-17)7-6-8-21(20)22(26)30-19-12-24(14-28-3)23(27)25(13-19)15-29-4;1-5-16(2)18-10-17-8-6-7-9-20(17)21(11-18)22(26)30-19-12-24(14-28-3)23(27)25(13-19)15-29-4;1-5-16(2)20-10-17-8-6-7-9-18(17)11-21(20)22(26)30-19-12-24(14-28-3)23(27)25(13-19)15-29-4/h6-11,16,21H,5,12-15H2,1-4H3;3*6-11,16,19H,5,12-15H2,1-4H3. The van der Waals surface area contributed by atoms with Crippen molar-refractivity contribution in [3.63, 3.8) is 0 Å². The molecule has 4 saturated heterocycles. The molecule has 120 heavy (non-hydrogen) atoms. The molecule has 4 fully saturated rings. The number of esters is 4. The van der Waals surface area contributed by atoms with Gasteiger partial charge >= 0.3 is 48.0 Å². The molecule has 4 unspecified atom stereocenters. The average Bonchev–Trinajstić information content (AvgIpc) is 0.782. The molecule has 4 aliphatic heterocycles.